The third-order valence-electron chi connectivity index (χ3n) is 3.87. The zero-order valence-electron chi connectivity index (χ0n) is 10.8. The molecule has 0 heterocycles. The van der Waals surface area contributed by atoms with E-state index in [0.29, 0.717) is 15.1 Å². The summed E-state index contributed by atoms with van der Waals surface area (Å²) in [5.41, 5.74) is 0. The molecule has 0 N–H and O–H groups in total. The van der Waals surface area contributed by atoms with Gasteiger partial charge in [0.25, 0.3) is 0 Å². The summed E-state index contributed by atoms with van der Waals surface area (Å²) in [6.07, 6.45) is 0. The lowest BCUT2D eigenvalue weighted by Crippen LogP contribution is -1.83. The average molecular weight is 332 g/mol. The van der Waals surface area contributed by atoms with Gasteiger partial charge in [0, 0.05) is 10.8 Å². The van der Waals surface area contributed by atoms with E-state index in [1.165, 1.54) is 10.8 Å². The smallest absolute Gasteiger partial charge is 0.0677 e. The Morgan fingerprint density at radius 1 is 0.571 bits per heavy atom. The Labute approximate surface area is 136 Å². The molecule has 0 unspecified atom stereocenters. The van der Waals surface area contributed by atoms with Gasteiger partial charge in [0.2, 0.25) is 0 Å². The maximum atomic E-state index is 6.44. The molecule has 3 heteroatoms. The quantitative estimate of drug-likeness (QED) is 0.238. The van der Waals surface area contributed by atoms with Crippen LogP contribution in [0, 0.1) is 0 Å². The molecule has 4 aromatic carbocycles. The van der Waals surface area contributed by atoms with E-state index in [9.17, 15) is 0 Å². The van der Waals surface area contributed by atoms with Gasteiger partial charge in [0.05, 0.1) is 15.1 Å². The Hall–Kier alpha value is -1.47. The fourth-order valence-electron chi connectivity index (χ4n) is 2.90. The second-order valence-electron chi connectivity index (χ2n) is 5.02. The lowest BCUT2D eigenvalue weighted by Gasteiger charge is -2.11. The van der Waals surface area contributed by atoms with Crippen LogP contribution in [0.15, 0.2) is 54.6 Å². The maximum Gasteiger partial charge on any atom is 0.0677 e. The monoisotopic (exact) mass is 330 g/mol. The van der Waals surface area contributed by atoms with Crippen LogP contribution in [0.4, 0.5) is 0 Å². The van der Waals surface area contributed by atoms with Crippen molar-refractivity contribution in [2.24, 2.45) is 0 Å². The van der Waals surface area contributed by atoms with Crippen LogP contribution in [0.3, 0.4) is 0 Å². The van der Waals surface area contributed by atoms with Crippen molar-refractivity contribution < 1.29 is 0 Å². The van der Waals surface area contributed by atoms with E-state index in [1.807, 2.05) is 18.2 Å². The molecule has 4 aromatic rings. The van der Waals surface area contributed by atoms with E-state index in [1.54, 1.807) is 6.07 Å². The van der Waals surface area contributed by atoms with Gasteiger partial charge in [0.1, 0.15) is 0 Å². The Morgan fingerprint density at radius 3 is 2.14 bits per heavy atom. The van der Waals surface area contributed by atoms with E-state index >= 15 is 0 Å². The molecule has 0 spiro atoms. The van der Waals surface area contributed by atoms with Crippen LogP contribution in [0.25, 0.3) is 32.3 Å². The standard InChI is InChI=1S/C18H9Cl3/c19-15-9-16(20)18(21)17-13-6-5-10-3-1-2-4-11(10)12(13)7-8-14(15)17/h1-9H. The second-order valence-corrected chi connectivity index (χ2v) is 6.22. The zero-order chi connectivity index (χ0) is 14.6. The molecule has 0 nitrogen and oxygen atoms in total. The van der Waals surface area contributed by atoms with Crippen LogP contribution in [0.5, 0.6) is 0 Å². The normalized spacial score (nSPS) is 11.6. The summed E-state index contributed by atoms with van der Waals surface area (Å²) < 4.78 is 0. The maximum absolute atomic E-state index is 6.44. The Bertz CT molecular complexity index is 1020. The largest absolute Gasteiger partial charge is 0.0836 e. The molecule has 0 radical (unpaired) electrons. The number of hydrogen-bond acceptors (Lipinski definition) is 0. The highest BCUT2D eigenvalue weighted by Crippen LogP contribution is 2.41. The number of hydrogen-bond donors (Lipinski definition) is 0. The highest BCUT2D eigenvalue weighted by molar-refractivity contribution is 6.49. The highest BCUT2D eigenvalue weighted by Gasteiger charge is 2.12. The summed E-state index contributed by atoms with van der Waals surface area (Å²) in [7, 11) is 0. The molecule has 21 heavy (non-hydrogen) atoms. The van der Waals surface area contributed by atoms with Crippen LogP contribution in [0.2, 0.25) is 15.1 Å². The van der Waals surface area contributed by atoms with Gasteiger partial charge in [-0.05, 0) is 27.6 Å². The molecular formula is C18H9Cl3. The van der Waals surface area contributed by atoms with E-state index < -0.39 is 0 Å². The van der Waals surface area contributed by atoms with Crippen molar-refractivity contribution in [3.63, 3.8) is 0 Å². The number of benzene rings is 4. The van der Waals surface area contributed by atoms with Crippen molar-refractivity contribution in [3.05, 3.63) is 69.7 Å². The molecular weight excluding hydrogens is 323 g/mol. The molecule has 4 rings (SSSR count). The van der Waals surface area contributed by atoms with Gasteiger partial charge in [0.15, 0.2) is 0 Å². The molecule has 0 aliphatic rings. The van der Waals surface area contributed by atoms with Crippen LogP contribution in [-0.4, -0.2) is 0 Å². The molecule has 102 valence electrons. The first kappa shape index (κ1) is 13.2. The first-order valence-corrected chi connectivity index (χ1v) is 7.68. The van der Waals surface area contributed by atoms with Crippen LogP contribution in [0.1, 0.15) is 0 Å². The second kappa shape index (κ2) is 4.78. The summed E-state index contributed by atoms with van der Waals surface area (Å²) in [5.74, 6) is 0. The summed E-state index contributed by atoms with van der Waals surface area (Å²) in [6, 6.07) is 18.3. The van der Waals surface area contributed by atoms with Gasteiger partial charge >= 0.3 is 0 Å². The fraction of sp³-hybridized carbons (Fsp3) is 0. The summed E-state index contributed by atoms with van der Waals surface area (Å²) in [6.45, 7) is 0. The minimum atomic E-state index is 0.481. The molecule has 0 atom stereocenters. The summed E-state index contributed by atoms with van der Waals surface area (Å²) >= 11 is 18.9. The van der Waals surface area contributed by atoms with Crippen LogP contribution < -0.4 is 0 Å². The minimum Gasteiger partial charge on any atom is -0.0836 e. The van der Waals surface area contributed by atoms with Crippen LogP contribution in [-0.2, 0) is 0 Å². The van der Waals surface area contributed by atoms with Gasteiger partial charge in [-0.2, -0.15) is 0 Å². The van der Waals surface area contributed by atoms with Crippen molar-refractivity contribution in [2.75, 3.05) is 0 Å². The lowest BCUT2D eigenvalue weighted by atomic mass is 9.97. The Balaban J connectivity index is 2.32. The van der Waals surface area contributed by atoms with Gasteiger partial charge in [-0.15, -0.1) is 0 Å². The van der Waals surface area contributed by atoms with Gasteiger partial charge in [-0.3, -0.25) is 0 Å². The topological polar surface area (TPSA) is 0 Å². The molecule has 0 saturated carbocycles. The lowest BCUT2D eigenvalue weighted by molar-refractivity contribution is 1.77. The third-order valence-corrected chi connectivity index (χ3v) is 4.97. The van der Waals surface area contributed by atoms with Gasteiger partial charge < -0.3 is 0 Å². The van der Waals surface area contributed by atoms with Crippen molar-refractivity contribution in [2.45, 2.75) is 0 Å². The summed E-state index contributed by atoms with van der Waals surface area (Å²) in [5, 5.41) is 8.12. The van der Waals surface area contributed by atoms with Crippen molar-refractivity contribution in [1.82, 2.24) is 0 Å². The average Bonchev–Trinajstić information content (AvgIpc) is 2.51. The van der Waals surface area contributed by atoms with E-state index in [-0.39, 0.29) is 0 Å². The molecule has 0 saturated heterocycles. The zero-order valence-corrected chi connectivity index (χ0v) is 13.1. The Morgan fingerprint density at radius 2 is 1.29 bits per heavy atom. The van der Waals surface area contributed by atoms with Gasteiger partial charge in [-0.1, -0.05) is 83.3 Å². The first-order chi connectivity index (χ1) is 10.2. The van der Waals surface area contributed by atoms with E-state index in [0.717, 1.165) is 21.5 Å². The number of halogens is 3. The molecule has 0 fully saturated rings. The fourth-order valence-corrected chi connectivity index (χ4v) is 3.68. The third kappa shape index (κ3) is 1.91. The van der Waals surface area contributed by atoms with Crippen molar-refractivity contribution in [1.29, 1.82) is 0 Å². The highest BCUT2D eigenvalue weighted by atomic mass is 35.5. The van der Waals surface area contributed by atoms with Gasteiger partial charge in [-0.25, -0.2) is 0 Å². The SMILES string of the molecule is Clc1cc(Cl)c2ccc3c4ccccc4ccc3c2c1Cl. The van der Waals surface area contributed by atoms with E-state index in [2.05, 4.69) is 30.3 Å². The summed E-state index contributed by atoms with van der Waals surface area (Å²) in [4.78, 5) is 0. The molecule has 0 aromatic heterocycles. The molecule has 0 aliphatic heterocycles. The molecule has 0 bridgehead atoms. The van der Waals surface area contributed by atoms with E-state index in [4.69, 9.17) is 34.8 Å². The Kier molecular flexibility index (Phi) is 3.00. The predicted molar refractivity (Wildman–Crippen MR) is 94.0 cm³/mol. The van der Waals surface area contributed by atoms with Crippen molar-refractivity contribution in [3.8, 4) is 0 Å². The first-order valence-electron chi connectivity index (χ1n) is 6.54. The number of rotatable bonds is 0. The van der Waals surface area contributed by atoms with Crippen LogP contribution >= 0.6 is 34.8 Å². The molecule has 0 amide bonds. The van der Waals surface area contributed by atoms with Crippen molar-refractivity contribution >= 4 is 67.1 Å². The molecule has 0 aliphatic carbocycles. The predicted octanol–water partition coefficient (Wildman–Crippen LogP) is 7.11. The number of fused-ring (bicyclic) bond motifs is 5. The minimum absolute atomic E-state index is 0.481.